The predicted octanol–water partition coefficient (Wildman–Crippen LogP) is 3.26. The minimum absolute atomic E-state index is 0.0489. The Morgan fingerprint density at radius 1 is 1.09 bits per heavy atom. The van der Waals surface area contributed by atoms with Gasteiger partial charge in [0.2, 0.25) is 5.76 Å². The van der Waals surface area contributed by atoms with Crippen molar-refractivity contribution in [3.63, 3.8) is 0 Å². The zero-order valence-corrected chi connectivity index (χ0v) is 18.8. The Morgan fingerprint density at radius 2 is 1.85 bits per heavy atom. The van der Waals surface area contributed by atoms with Gasteiger partial charge >= 0.3 is 0 Å². The Hall–Kier alpha value is -3.45. The molecule has 33 heavy (non-hydrogen) atoms. The molecule has 3 aliphatic heterocycles. The lowest BCUT2D eigenvalue weighted by Gasteiger charge is -2.35. The summed E-state index contributed by atoms with van der Waals surface area (Å²) in [5.41, 5.74) is 1.79. The zero-order chi connectivity index (χ0) is 23.1. The quantitative estimate of drug-likeness (QED) is 0.606. The minimum Gasteiger partial charge on any atom is -0.450 e. The largest absolute Gasteiger partial charge is 0.450 e. The van der Waals surface area contributed by atoms with E-state index in [4.69, 9.17) is 9.15 Å². The van der Waals surface area contributed by atoms with Gasteiger partial charge in [-0.05, 0) is 56.0 Å². The summed E-state index contributed by atoms with van der Waals surface area (Å²) < 4.78 is 11.9. The van der Waals surface area contributed by atoms with Gasteiger partial charge in [0, 0.05) is 31.5 Å². The molecule has 2 amide bonds. The average Bonchev–Trinajstić information content (AvgIpc) is 3.46. The minimum atomic E-state index is -1.56. The van der Waals surface area contributed by atoms with Gasteiger partial charge in [-0.15, -0.1) is 0 Å². The van der Waals surface area contributed by atoms with E-state index in [0.717, 1.165) is 24.0 Å². The second kappa shape index (κ2) is 6.78. The highest BCUT2D eigenvalue weighted by Crippen LogP contribution is 2.52. The summed E-state index contributed by atoms with van der Waals surface area (Å²) in [7, 11) is 1.68. The number of hydrogen-bond donors (Lipinski definition) is 0. The standard InChI is InChI=1S/C26H24N2O5/c1-14-11-17-20(12-15(14)2)33-23-21(22(17)29)26(28(24(23)30)13-16-7-6-10-32-16)18-8-4-5-9-19(18)27(3)25(26)31/h4-5,8-9,11-12,16H,6-7,10,13H2,1-3H3/t16-,26-/m0/s1. The molecule has 7 nitrogen and oxygen atoms in total. The van der Waals surface area contributed by atoms with Crippen LogP contribution in [0.25, 0.3) is 11.0 Å². The van der Waals surface area contributed by atoms with E-state index < -0.39 is 11.4 Å². The first kappa shape index (κ1) is 20.2. The number of hydrogen-bond acceptors (Lipinski definition) is 5. The third-order valence-electron chi connectivity index (χ3n) is 7.39. The normalized spacial score (nSPS) is 23.8. The maximum atomic E-state index is 14.0. The van der Waals surface area contributed by atoms with Crippen molar-refractivity contribution in [1.82, 2.24) is 4.90 Å². The lowest BCUT2D eigenvalue weighted by Crippen LogP contribution is -2.54. The Bertz CT molecular complexity index is 1420. The highest BCUT2D eigenvalue weighted by molar-refractivity contribution is 6.16. The molecule has 0 N–H and O–H groups in total. The van der Waals surface area contributed by atoms with Crippen molar-refractivity contribution in [2.24, 2.45) is 0 Å². The number of carbonyl (C=O) groups is 2. The number of fused-ring (bicyclic) bond motifs is 5. The molecule has 4 heterocycles. The number of aryl methyl sites for hydroxylation is 2. The van der Waals surface area contributed by atoms with Crippen LogP contribution in [0.3, 0.4) is 0 Å². The van der Waals surface area contributed by atoms with Gasteiger partial charge < -0.3 is 19.0 Å². The lowest BCUT2D eigenvalue weighted by molar-refractivity contribution is -0.126. The van der Waals surface area contributed by atoms with E-state index in [1.54, 1.807) is 19.2 Å². The van der Waals surface area contributed by atoms with Gasteiger partial charge in [-0.1, -0.05) is 18.2 Å². The summed E-state index contributed by atoms with van der Waals surface area (Å²) in [4.78, 5) is 44.9. The number of ether oxygens (including phenoxy) is 1. The first-order valence-electron chi connectivity index (χ1n) is 11.3. The molecule has 2 aromatic carbocycles. The molecule has 2 atom stereocenters. The second-order valence-electron chi connectivity index (χ2n) is 9.21. The van der Waals surface area contributed by atoms with Crippen molar-refractivity contribution in [3.8, 4) is 0 Å². The first-order chi connectivity index (χ1) is 15.9. The number of rotatable bonds is 2. The van der Waals surface area contributed by atoms with Crippen LogP contribution in [0.15, 0.2) is 45.6 Å². The molecule has 168 valence electrons. The van der Waals surface area contributed by atoms with E-state index in [2.05, 4.69) is 0 Å². The fourth-order valence-electron chi connectivity index (χ4n) is 5.59. The van der Waals surface area contributed by atoms with E-state index >= 15 is 0 Å². The first-order valence-corrected chi connectivity index (χ1v) is 11.3. The van der Waals surface area contributed by atoms with Gasteiger partial charge in [0.05, 0.1) is 17.1 Å². The van der Waals surface area contributed by atoms with Gasteiger partial charge in [-0.3, -0.25) is 14.4 Å². The van der Waals surface area contributed by atoms with Crippen molar-refractivity contribution < 1.29 is 18.7 Å². The van der Waals surface area contributed by atoms with E-state index in [0.29, 0.717) is 28.8 Å². The van der Waals surface area contributed by atoms with E-state index in [1.165, 1.54) is 9.80 Å². The smallest absolute Gasteiger partial charge is 0.291 e. The molecule has 3 aromatic rings. The predicted molar refractivity (Wildman–Crippen MR) is 123 cm³/mol. The molecule has 0 saturated carbocycles. The van der Waals surface area contributed by atoms with Crippen molar-refractivity contribution in [2.45, 2.75) is 38.3 Å². The highest BCUT2D eigenvalue weighted by atomic mass is 16.5. The summed E-state index contributed by atoms with van der Waals surface area (Å²) in [6.07, 6.45) is 1.50. The zero-order valence-electron chi connectivity index (χ0n) is 18.8. The summed E-state index contributed by atoms with van der Waals surface area (Å²) in [5.74, 6) is -0.826. The fourth-order valence-corrected chi connectivity index (χ4v) is 5.59. The summed E-state index contributed by atoms with van der Waals surface area (Å²) in [5, 5.41) is 0.378. The molecule has 0 aliphatic carbocycles. The number of carbonyl (C=O) groups excluding carboxylic acids is 2. The number of benzene rings is 2. The van der Waals surface area contributed by atoms with Gasteiger partial charge in [0.25, 0.3) is 11.8 Å². The summed E-state index contributed by atoms with van der Waals surface area (Å²) in [6, 6.07) is 10.9. The summed E-state index contributed by atoms with van der Waals surface area (Å²) in [6.45, 7) is 4.69. The topological polar surface area (TPSA) is 80.1 Å². The Kier molecular flexibility index (Phi) is 4.14. The van der Waals surface area contributed by atoms with Crippen LogP contribution in [0, 0.1) is 13.8 Å². The third kappa shape index (κ3) is 2.45. The van der Waals surface area contributed by atoms with Gasteiger partial charge in [-0.2, -0.15) is 0 Å². The van der Waals surface area contributed by atoms with Gasteiger partial charge in [0.1, 0.15) is 5.58 Å². The molecule has 0 radical (unpaired) electrons. The molecule has 3 aliphatic rings. The van der Waals surface area contributed by atoms with E-state index in [9.17, 15) is 14.4 Å². The number of anilines is 1. The van der Waals surface area contributed by atoms with Crippen LogP contribution in [0.2, 0.25) is 0 Å². The van der Waals surface area contributed by atoms with Crippen molar-refractivity contribution >= 4 is 28.5 Å². The van der Waals surface area contributed by atoms with E-state index in [1.807, 2.05) is 38.1 Å². The number of likely N-dealkylation sites (N-methyl/N-ethyl adjacent to an activating group) is 1. The average molecular weight is 444 g/mol. The molecular formula is C26H24N2O5. The molecule has 0 bridgehead atoms. The Balaban J connectivity index is 1.71. The molecule has 6 rings (SSSR count). The molecular weight excluding hydrogens is 420 g/mol. The van der Waals surface area contributed by atoms with Crippen LogP contribution in [0.1, 0.15) is 45.7 Å². The molecule has 1 aromatic heterocycles. The van der Waals surface area contributed by atoms with Crippen molar-refractivity contribution in [2.75, 3.05) is 25.1 Å². The SMILES string of the molecule is Cc1cc2oc3c(c(=O)c2cc1C)[C@@]1(C(=O)N(C)c2ccccc21)N(C[C@@H]1CCCO1)C3=O. The van der Waals surface area contributed by atoms with Crippen LogP contribution in [0.5, 0.6) is 0 Å². The van der Waals surface area contributed by atoms with Crippen LogP contribution in [-0.2, 0) is 15.1 Å². The number of amides is 2. The van der Waals surface area contributed by atoms with Crippen LogP contribution in [0.4, 0.5) is 5.69 Å². The van der Waals surface area contributed by atoms with Crippen molar-refractivity contribution in [3.05, 3.63) is 74.6 Å². The van der Waals surface area contributed by atoms with Crippen molar-refractivity contribution in [1.29, 1.82) is 0 Å². The maximum absolute atomic E-state index is 14.0. The maximum Gasteiger partial charge on any atom is 0.291 e. The van der Waals surface area contributed by atoms with Crippen LogP contribution < -0.4 is 10.3 Å². The fraction of sp³-hybridized carbons (Fsp3) is 0.346. The van der Waals surface area contributed by atoms with Crippen LogP contribution >= 0.6 is 0 Å². The lowest BCUT2D eigenvalue weighted by atomic mass is 9.83. The third-order valence-corrected chi connectivity index (χ3v) is 7.39. The van der Waals surface area contributed by atoms with E-state index in [-0.39, 0.29) is 35.3 Å². The molecule has 1 spiro atoms. The highest BCUT2D eigenvalue weighted by Gasteiger charge is 2.64. The number of nitrogens with zero attached hydrogens (tertiary/aromatic N) is 2. The molecule has 1 fully saturated rings. The molecule has 1 saturated heterocycles. The Morgan fingerprint density at radius 3 is 2.61 bits per heavy atom. The van der Waals surface area contributed by atoms with Gasteiger partial charge in [0.15, 0.2) is 11.0 Å². The number of para-hydroxylation sites is 1. The second-order valence-corrected chi connectivity index (χ2v) is 9.21. The molecule has 0 unspecified atom stereocenters. The molecule has 7 heteroatoms. The van der Waals surface area contributed by atoms with Gasteiger partial charge in [-0.25, -0.2) is 0 Å². The Labute approximate surface area is 190 Å². The van der Waals surface area contributed by atoms with Crippen LogP contribution in [-0.4, -0.2) is 43.0 Å². The monoisotopic (exact) mass is 444 g/mol. The summed E-state index contributed by atoms with van der Waals surface area (Å²) >= 11 is 0.